The molecule has 1 heterocycles. The Kier molecular flexibility index (Phi) is 1.92. The van der Waals surface area contributed by atoms with Gasteiger partial charge in [-0.25, -0.2) is 4.79 Å². The van der Waals surface area contributed by atoms with Gasteiger partial charge in [-0.05, 0) is 6.92 Å². The van der Waals surface area contributed by atoms with E-state index in [0.29, 0.717) is 0 Å². The standard InChI is InChI=1S/C6H10O4/c1-3(7)5-2-4(8)6(9)10-5/h3-5,7-8H,2H2,1H3/t3-,4-,5-/m0/s1. The van der Waals surface area contributed by atoms with Crippen LogP contribution in [0.2, 0.25) is 0 Å². The summed E-state index contributed by atoms with van der Waals surface area (Å²) in [5.41, 5.74) is 0. The number of carbonyl (C=O) groups excluding carboxylic acids is 1. The van der Waals surface area contributed by atoms with Gasteiger partial charge in [-0.15, -0.1) is 0 Å². The molecule has 1 aliphatic rings. The van der Waals surface area contributed by atoms with Crippen LogP contribution >= 0.6 is 0 Å². The molecular formula is C6H10O4. The van der Waals surface area contributed by atoms with Gasteiger partial charge >= 0.3 is 5.97 Å². The monoisotopic (exact) mass is 146 g/mol. The fourth-order valence-corrected chi connectivity index (χ4v) is 0.888. The molecule has 0 aromatic carbocycles. The third-order valence-electron chi connectivity index (χ3n) is 1.53. The predicted molar refractivity (Wildman–Crippen MR) is 32.2 cm³/mol. The highest BCUT2D eigenvalue weighted by Crippen LogP contribution is 2.17. The zero-order valence-corrected chi connectivity index (χ0v) is 5.65. The van der Waals surface area contributed by atoms with Crippen LogP contribution in [0.25, 0.3) is 0 Å². The highest BCUT2D eigenvalue weighted by atomic mass is 16.6. The van der Waals surface area contributed by atoms with Crippen LogP contribution in [-0.2, 0) is 9.53 Å². The van der Waals surface area contributed by atoms with Crippen LogP contribution in [0, 0.1) is 0 Å². The van der Waals surface area contributed by atoms with Crippen molar-refractivity contribution in [2.45, 2.75) is 31.7 Å². The van der Waals surface area contributed by atoms with Crippen LogP contribution in [-0.4, -0.2) is 34.5 Å². The molecule has 0 amide bonds. The minimum atomic E-state index is -1.04. The van der Waals surface area contributed by atoms with Crippen molar-refractivity contribution in [1.82, 2.24) is 0 Å². The largest absolute Gasteiger partial charge is 0.458 e. The molecular weight excluding hydrogens is 136 g/mol. The first-order chi connectivity index (χ1) is 4.61. The molecule has 2 N–H and O–H groups in total. The number of hydrogen-bond donors (Lipinski definition) is 2. The first-order valence-electron chi connectivity index (χ1n) is 3.18. The smallest absolute Gasteiger partial charge is 0.335 e. The third-order valence-corrected chi connectivity index (χ3v) is 1.53. The van der Waals surface area contributed by atoms with Crippen molar-refractivity contribution in [1.29, 1.82) is 0 Å². The Morgan fingerprint density at radius 3 is 2.60 bits per heavy atom. The van der Waals surface area contributed by atoms with Gasteiger partial charge in [0.15, 0.2) is 6.10 Å². The lowest BCUT2D eigenvalue weighted by molar-refractivity contribution is -0.150. The number of cyclic esters (lactones) is 1. The van der Waals surface area contributed by atoms with Crippen molar-refractivity contribution < 1.29 is 19.7 Å². The maximum Gasteiger partial charge on any atom is 0.335 e. The first-order valence-corrected chi connectivity index (χ1v) is 3.18. The van der Waals surface area contributed by atoms with Gasteiger partial charge in [0.25, 0.3) is 0 Å². The number of carbonyl (C=O) groups is 1. The highest BCUT2D eigenvalue weighted by Gasteiger charge is 2.35. The third kappa shape index (κ3) is 1.27. The second-order valence-corrected chi connectivity index (χ2v) is 2.47. The molecule has 10 heavy (non-hydrogen) atoms. The lowest BCUT2D eigenvalue weighted by Gasteiger charge is -2.10. The summed E-state index contributed by atoms with van der Waals surface area (Å²) in [7, 11) is 0. The van der Waals surface area contributed by atoms with Gasteiger partial charge in [0.2, 0.25) is 0 Å². The summed E-state index contributed by atoms with van der Waals surface area (Å²) < 4.78 is 4.60. The Balaban J connectivity index is 2.49. The SMILES string of the molecule is C[C@H](O)[C@@H]1C[C@H](O)C(=O)O1. The van der Waals surface area contributed by atoms with E-state index >= 15 is 0 Å². The summed E-state index contributed by atoms with van der Waals surface area (Å²) >= 11 is 0. The molecule has 4 heteroatoms. The van der Waals surface area contributed by atoms with Crippen LogP contribution < -0.4 is 0 Å². The zero-order chi connectivity index (χ0) is 7.72. The molecule has 1 fully saturated rings. The Morgan fingerprint density at radius 2 is 2.40 bits per heavy atom. The van der Waals surface area contributed by atoms with Crippen LogP contribution in [0.15, 0.2) is 0 Å². The predicted octanol–water partition coefficient (Wildman–Crippen LogP) is -0.956. The van der Waals surface area contributed by atoms with E-state index in [2.05, 4.69) is 4.74 Å². The second kappa shape index (κ2) is 2.56. The molecule has 1 saturated heterocycles. The molecule has 58 valence electrons. The van der Waals surface area contributed by atoms with Gasteiger partial charge in [-0.2, -0.15) is 0 Å². The summed E-state index contributed by atoms with van der Waals surface area (Å²) in [5.74, 6) is -0.633. The first kappa shape index (κ1) is 7.50. The van der Waals surface area contributed by atoms with Gasteiger partial charge in [0.05, 0.1) is 6.10 Å². The number of aliphatic hydroxyl groups is 2. The fourth-order valence-electron chi connectivity index (χ4n) is 0.888. The van der Waals surface area contributed by atoms with E-state index in [9.17, 15) is 4.79 Å². The van der Waals surface area contributed by atoms with Gasteiger partial charge in [0.1, 0.15) is 6.10 Å². The average Bonchev–Trinajstić information content (AvgIpc) is 2.13. The fraction of sp³-hybridized carbons (Fsp3) is 0.833. The topological polar surface area (TPSA) is 66.8 Å². The molecule has 1 rings (SSSR count). The molecule has 4 nitrogen and oxygen atoms in total. The summed E-state index contributed by atoms with van der Waals surface area (Å²) in [5, 5.41) is 17.7. The molecule has 0 aromatic rings. The molecule has 0 spiro atoms. The van der Waals surface area contributed by atoms with E-state index < -0.39 is 24.3 Å². The molecule has 0 bridgehead atoms. The van der Waals surface area contributed by atoms with Crippen LogP contribution in [0.3, 0.4) is 0 Å². The van der Waals surface area contributed by atoms with E-state index in [4.69, 9.17) is 10.2 Å². The Hall–Kier alpha value is -0.610. The normalized spacial score (nSPS) is 35.7. The summed E-state index contributed by atoms with van der Waals surface area (Å²) in [6, 6.07) is 0. The Morgan fingerprint density at radius 1 is 1.80 bits per heavy atom. The molecule has 0 radical (unpaired) electrons. The molecule has 0 saturated carbocycles. The number of ether oxygens (including phenoxy) is 1. The molecule has 0 unspecified atom stereocenters. The number of aliphatic hydroxyl groups excluding tert-OH is 2. The minimum absolute atomic E-state index is 0.205. The lowest BCUT2D eigenvalue weighted by Crippen LogP contribution is -2.21. The number of rotatable bonds is 1. The number of esters is 1. The van der Waals surface area contributed by atoms with Crippen LogP contribution in [0.1, 0.15) is 13.3 Å². The zero-order valence-electron chi connectivity index (χ0n) is 5.65. The van der Waals surface area contributed by atoms with Crippen LogP contribution in [0.5, 0.6) is 0 Å². The lowest BCUT2D eigenvalue weighted by atomic mass is 10.1. The minimum Gasteiger partial charge on any atom is -0.458 e. The second-order valence-electron chi connectivity index (χ2n) is 2.47. The van der Waals surface area contributed by atoms with Gasteiger partial charge in [-0.3, -0.25) is 0 Å². The van der Waals surface area contributed by atoms with E-state index in [0.717, 1.165) is 0 Å². The number of hydrogen-bond acceptors (Lipinski definition) is 4. The van der Waals surface area contributed by atoms with Crippen molar-refractivity contribution >= 4 is 5.97 Å². The summed E-state index contributed by atoms with van der Waals surface area (Å²) in [6.45, 7) is 1.52. The summed E-state index contributed by atoms with van der Waals surface area (Å²) in [4.78, 5) is 10.5. The highest BCUT2D eigenvalue weighted by molar-refractivity contribution is 5.76. The average molecular weight is 146 g/mol. The van der Waals surface area contributed by atoms with Crippen molar-refractivity contribution in [2.24, 2.45) is 0 Å². The Bertz CT molecular complexity index is 143. The van der Waals surface area contributed by atoms with E-state index in [1.165, 1.54) is 6.92 Å². The van der Waals surface area contributed by atoms with Gasteiger partial charge in [-0.1, -0.05) is 0 Å². The van der Waals surface area contributed by atoms with Crippen molar-refractivity contribution in [2.75, 3.05) is 0 Å². The van der Waals surface area contributed by atoms with E-state index in [1.54, 1.807) is 0 Å². The van der Waals surface area contributed by atoms with E-state index in [-0.39, 0.29) is 6.42 Å². The quantitative estimate of drug-likeness (QED) is 0.468. The van der Waals surface area contributed by atoms with Crippen molar-refractivity contribution in [3.05, 3.63) is 0 Å². The molecule has 0 aliphatic carbocycles. The maximum absolute atomic E-state index is 10.5. The van der Waals surface area contributed by atoms with Crippen molar-refractivity contribution in [3.63, 3.8) is 0 Å². The maximum atomic E-state index is 10.5. The Labute approximate surface area is 58.4 Å². The van der Waals surface area contributed by atoms with E-state index in [1.807, 2.05) is 0 Å². The van der Waals surface area contributed by atoms with Crippen LogP contribution in [0.4, 0.5) is 0 Å². The molecule has 1 aliphatic heterocycles. The molecule has 3 atom stereocenters. The van der Waals surface area contributed by atoms with Gasteiger partial charge < -0.3 is 14.9 Å². The van der Waals surface area contributed by atoms with Crippen molar-refractivity contribution in [3.8, 4) is 0 Å². The summed E-state index contributed by atoms with van der Waals surface area (Å²) in [6.07, 6.45) is -2.06. The molecule has 0 aromatic heterocycles. The van der Waals surface area contributed by atoms with Gasteiger partial charge in [0, 0.05) is 6.42 Å².